The van der Waals surface area contributed by atoms with E-state index in [-0.39, 0.29) is 17.9 Å². The molecular weight excluding hydrogens is 486 g/mol. The molecule has 3 fully saturated rings. The Morgan fingerprint density at radius 3 is 2.73 bits per heavy atom. The number of nitrogens with zero attached hydrogens (tertiary/aromatic N) is 5. The summed E-state index contributed by atoms with van der Waals surface area (Å²) in [6.45, 7) is 6.08. The summed E-state index contributed by atoms with van der Waals surface area (Å²) in [5.74, 6) is 1.26. The Morgan fingerprint density at radius 1 is 1.27 bits per heavy atom. The highest BCUT2D eigenvalue weighted by Gasteiger charge is 2.41. The van der Waals surface area contributed by atoms with E-state index in [1.165, 1.54) is 11.3 Å². The molecule has 0 aromatic carbocycles. The summed E-state index contributed by atoms with van der Waals surface area (Å²) in [5.41, 5.74) is 2.68. The lowest BCUT2D eigenvalue weighted by Gasteiger charge is -2.37. The number of amides is 1. The molecule has 194 valence electrons. The van der Waals surface area contributed by atoms with Crippen molar-refractivity contribution in [2.45, 2.75) is 38.6 Å². The predicted molar refractivity (Wildman–Crippen MR) is 143 cm³/mol. The summed E-state index contributed by atoms with van der Waals surface area (Å²) < 4.78 is 0. The number of nitrogens with one attached hydrogen (secondary N) is 2. The van der Waals surface area contributed by atoms with E-state index in [2.05, 4.69) is 38.2 Å². The van der Waals surface area contributed by atoms with Crippen LogP contribution in [-0.4, -0.2) is 81.1 Å². The molecule has 2 saturated heterocycles. The number of aromatic nitrogens is 3. The molecule has 1 aliphatic carbocycles. The van der Waals surface area contributed by atoms with Crippen molar-refractivity contribution in [2.24, 2.45) is 17.3 Å². The Morgan fingerprint density at radius 2 is 2.03 bits per heavy atom. The minimum atomic E-state index is -0.0966. The molecule has 0 bridgehead atoms. The number of rotatable bonds is 6. The van der Waals surface area contributed by atoms with Gasteiger partial charge in [0.2, 0.25) is 0 Å². The van der Waals surface area contributed by atoms with Crippen molar-refractivity contribution in [3.63, 3.8) is 0 Å². The van der Waals surface area contributed by atoms with Gasteiger partial charge in [-0.2, -0.15) is 5.26 Å². The van der Waals surface area contributed by atoms with Gasteiger partial charge in [-0.05, 0) is 49.0 Å². The van der Waals surface area contributed by atoms with Crippen molar-refractivity contribution in [3.8, 4) is 16.6 Å². The van der Waals surface area contributed by atoms with Crippen molar-refractivity contribution in [3.05, 3.63) is 29.5 Å². The van der Waals surface area contributed by atoms with Gasteiger partial charge in [-0.15, -0.1) is 11.3 Å². The van der Waals surface area contributed by atoms with Crippen LogP contribution >= 0.6 is 11.3 Å². The second kappa shape index (κ2) is 9.71. The largest absolute Gasteiger partial charge is 0.396 e. The van der Waals surface area contributed by atoms with E-state index in [0.717, 1.165) is 66.1 Å². The number of aromatic amines is 1. The van der Waals surface area contributed by atoms with Crippen molar-refractivity contribution >= 4 is 34.0 Å². The fraction of sp³-hybridized carbons (Fsp3) is 0.556. The summed E-state index contributed by atoms with van der Waals surface area (Å²) in [5, 5.41) is 24.3. The first-order valence-corrected chi connectivity index (χ1v) is 14.0. The van der Waals surface area contributed by atoms with Gasteiger partial charge >= 0.3 is 0 Å². The van der Waals surface area contributed by atoms with Gasteiger partial charge in [0, 0.05) is 56.6 Å². The number of likely N-dealkylation sites (tertiary alicyclic amines) is 2. The number of carbonyl (C=O) groups excluding carboxylic acids is 1. The zero-order chi connectivity index (χ0) is 25.6. The van der Waals surface area contributed by atoms with Crippen LogP contribution in [0.25, 0.3) is 21.6 Å². The Bertz CT molecular complexity index is 1320. The Labute approximate surface area is 220 Å². The molecule has 3 atom stereocenters. The number of H-pyrrole nitrogens is 1. The fourth-order valence-corrected chi connectivity index (χ4v) is 7.24. The molecule has 1 unspecified atom stereocenters. The van der Waals surface area contributed by atoms with E-state index in [1.807, 2.05) is 23.4 Å². The number of hydrogen-bond acceptors (Lipinski definition) is 8. The third kappa shape index (κ3) is 4.60. The molecule has 0 spiro atoms. The van der Waals surface area contributed by atoms with Crippen LogP contribution in [0.15, 0.2) is 24.7 Å². The van der Waals surface area contributed by atoms with Gasteiger partial charge in [0.15, 0.2) is 0 Å². The second-order valence-electron chi connectivity index (χ2n) is 11.3. The van der Waals surface area contributed by atoms with E-state index in [9.17, 15) is 9.90 Å². The number of carbonyl (C=O) groups is 1. The molecule has 9 nitrogen and oxygen atoms in total. The zero-order valence-electron chi connectivity index (χ0n) is 21.1. The van der Waals surface area contributed by atoms with E-state index in [1.54, 1.807) is 6.20 Å². The van der Waals surface area contributed by atoms with Gasteiger partial charge < -0.3 is 20.3 Å². The molecule has 5 heterocycles. The molecule has 3 aromatic heterocycles. The highest BCUT2D eigenvalue weighted by molar-refractivity contribution is 7.17. The molecule has 3 aliphatic rings. The van der Waals surface area contributed by atoms with E-state index < -0.39 is 0 Å². The molecule has 3 aromatic rings. The van der Waals surface area contributed by atoms with E-state index in [0.29, 0.717) is 42.4 Å². The van der Waals surface area contributed by atoms with Gasteiger partial charge in [-0.25, -0.2) is 9.97 Å². The SMILES string of the molecule is CC1(CO)CCN(C(=O)c2cnc(-c3cnc4[nH]ccc4c3NC3C[C@@H]4CN(CC#N)C[C@@H]4C3)s2)CC1. The zero-order valence-corrected chi connectivity index (χ0v) is 21.9. The first kappa shape index (κ1) is 24.3. The van der Waals surface area contributed by atoms with E-state index in [4.69, 9.17) is 5.26 Å². The van der Waals surface area contributed by atoms with Crippen LogP contribution in [0.2, 0.25) is 0 Å². The molecule has 37 heavy (non-hydrogen) atoms. The van der Waals surface area contributed by atoms with Crippen molar-refractivity contribution in [1.82, 2.24) is 24.8 Å². The summed E-state index contributed by atoms with van der Waals surface area (Å²) in [4.78, 5) is 30.5. The number of aliphatic hydroxyl groups is 1. The number of hydrogen-bond donors (Lipinski definition) is 3. The van der Waals surface area contributed by atoms with Crippen molar-refractivity contribution in [1.29, 1.82) is 5.26 Å². The maximum absolute atomic E-state index is 13.2. The second-order valence-corrected chi connectivity index (χ2v) is 12.3. The number of nitriles is 1. The normalized spacial score (nSPS) is 25.3. The monoisotopic (exact) mass is 519 g/mol. The van der Waals surface area contributed by atoms with Gasteiger partial charge in [0.05, 0.1) is 30.1 Å². The molecule has 2 aliphatic heterocycles. The molecule has 1 saturated carbocycles. The highest BCUT2D eigenvalue weighted by Crippen LogP contribution is 2.42. The van der Waals surface area contributed by atoms with Crippen LogP contribution in [0.1, 0.15) is 42.3 Å². The smallest absolute Gasteiger partial charge is 0.265 e. The maximum atomic E-state index is 13.2. The van der Waals surface area contributed by atoms with Crippen LogP contribution in [0.3, 0.4) is 0 Å². The minimum absolute atomic E-state index is 0.0134. The number of anilines is 1. The predicted octanol–water partition coefficient (Wildman–Crippen LogP) is 3.57. The number of aliphatic hydroxyl groups excluding tert-OH is 1. The minimum Gasteiger partial charge on any atom is -0.396 e. The lowest BCUT2D eigenvalue weighted by atomic mass is 9.81. The standard InChI is InChI=1S/C27H33N7O2S/c1-27(16-35)3-7-34(8-4-27)26(36)22-13-31-25(37-22)21-12-30-24-20(2-6-29-24)23(21)32-19-10-17-14-33(9-5-28)15-18(17)11-19/h2,6,12-13,17-19,35H,3-4,7-11,14-16H2,1H3,(H2,29,30,32)/t17-,18+,19?. The topological polar surface area (TPSA) is 121 Å². The molecule has 10 heteroatoms. The lowest BCUT2D eigenvalue weighted by molar-refractivity contribution is 0.0443. The van der Waals surface area contributed by atoms with Crippen LogP contribution in [0.5, 0.6) is 0 Å². The number of pyridine rings is 1. The van der Waals surface area contributed by atoms with Gasteiger partial charge in [-0.3, -0.25) is 9.69 Å². The Balaban J connectivity index is 1.21. The third-order valence-corrected chi connectivity index (χ3v) is 9.66. The highest BCUT2D eigenvalue weighted by atomic mass is 32.1. The molecule has 3 N–H and O–H groups in total. The van der Waals surface area contributed by atoms with Gasteiger partial charge in [0.25, 0.3) is 5.91 Å². The van der Waals surface area contributed by atoms with Crippen LogP contribution in [0, 0.1) is 28.6 Å². The Kier molecular flexibility index (Phi) is 6.39. The number of piperidine rings is 1. The summed E-state index contributed by atoms with van der Waals surface area (Å²) in [7, 11) is 0. The van der Waals surface area contributed by atoms with Crippen LogP contribution in [0.4, 0.5) is 5.69 Å². The molecule has 6 rings (SSSR count). The lowest BCUT2D eigenvalue weighted by Crippen LogP contribution is -2.43. The quantitative estimate of drug-likeness (QED) is 0.426. The van der Waals surface area contributed by atoms with Crippen LogP contribution in [-0.2, 0) is 0 Å². The summed E-state index contributed by atoms with van der Waals surface area (Å²) >= 11 is 1.42. The summed E-state index contributed by atoms with van der Waals surface area (Å²) in [6.07, 6.45) is 9.24. The molecule has 0 radical (unpaired) electrons. The van der Waals surface area contributed by atoms with Gasteiger partial charge in [-0.1, -0.05) is 6.92 Å². The Hall–Kier alpha value is -3.00. The van der Waals surface area contributed by atoms with Crippen molar-refractivity contribution < 1.29 is 9.90 Å². The molecular formula is C27H33N7O2S. The first-order chi connectivity index (χ1) is 18.0. The van der Waals surface area contributed by atoms with Gasteiger partial charge in [0.1, 0.15) is 15.5 Å². The van der Waals surface area contributed by atoms with E-state index >= 15 is 0 Å². The van der Waals surface area contributed by atoms with Crippen molar-refractivity contribution in [2.75, 3.05) is 44.6 Å². The number of fused-ring (bicyclic) bond motifs is 2. The third-order valence-electron chi connectivity index (χ3n) is 8.64. The number of thiazole rings is 1. The van der Waals surface area contributed by atoms with Crippen LogP contribution < -0.4 is 5.32 Å². The maximum Gasteiger partial charge on any atom is 0.265 e. The fourth-order valence-electron chi connectivity index (χ4n) is 6.33. The summed E-state index contributed by atoms with van der Waals surface area (Å²) in [6, 6.07) is 4.69. The first-order valence-electron chi connectivity index (χ1n) is 13.1. The molecule has 1 amide bonds. The average molecular weight is 520 g/mol. The average Bonchev–Trinajstić information content (AvgIpc) is 3.68.